The lowest BCUT2D eigenvalue weighted by Gasteiger charge is -2.26. The summed E-state index contributed by atoms with van der Waals surface area (Å²) in [6, 6.07) is 0. The van der Waals surface area contributed by atoms with E-state index < -0.39 is 60.1 Å². The van der Waals surface area contributed by atoms with Gasteiger partial charge in [0.25, 0.3) is 0 Å². The van der Waals surface area contributed by atoms with E-state index in [2.05, 4.69) is 24.1 Å². The molecular formula is C11H20N5O12P3. The molecule has 6 atom stereocenters. The van der Waals surface area contributed by atoms with Crippen LogP contribution in [-0.2, 0) is 27.3 Å². The van der Waals surface area contributed by atoms with Crippen LogP contribution in [0.25, 0.3) is 0 Å². The van der Waals surface area contributed by atoms with Crippen LogP contribution in [0, 0.1) is 0 Å². The number of aromatic nitrogens is 2. The van der Waals surface area contributed by atoms with Crippen LogP contribution in [0.4, 0.5) is 17.3 Å². The Labute approximate surface area is 174 Å². The zero-order valence-electron chi connectivity index (χ0n) is 15.4. The van der Waals surface area contributed by atoms with Crippen molar-refractivity contribution in [1.82, 2.24) is 9.97 Å². The third kappa shape index (κ3) is 5.79. The van der Waals surface area contributed by atoms with Crippen LogP contribution in [0.1, 0.15) is 0 Å². The summed E-state index contributed by atoms with van der Waals surface area (Å²) in [4.78, 5) is 45.5. The molecule has 0 aromatic carbocycles. The standard InChI is InChI=1S/C11H20N5O12P3/c12-9-6-10(14-2-13-9)16(3-15-6)11-8(18)7(17)5(27-11)1-26-29(19,20)4-30(21,22)28-31(23,24)25/h2,5,7-8,11,15,17-18H,1,3-4H2,(H,19,20)(H,21,22)(H2,12,13,14)(H2,23,24,25)/t5-,7-,8-,11-/m1/s1. The van der Waals surface area contributed by atoms with Crippen molar-refractivity contribution in [3.63, 3.8) is 0 Å². The van der Waals surface area contributed by atoms with Gasteiger partial charge in [-0.25, -0.2) is 18.8 Å². The molecule has 0 amide bonds. The van der Waals surface area contributed by atoms with Gasteiger partial charge in [-0.05, 0) is 0 Å². The molecule has 0 spiro atoms. The zero-order valence-corrected chi connectivity index (χ0v) is 18.1. The maximum absolute atomic E-state index is 12.0. The Balaban J connectivity index is 1.64. The number of phosphoric acid groups is 1. The summed E-state index contributed by atoms with van der Waals surface area (Å²) < 4.78 is 48.1. The number of nitrogens with one attached hydrogen (secondary N) is 1. The summed E-state index contributed by atoms with van der Waals surface area (Å²) in [6.07, 6.45) is -4.41. The number of rotatable bonds is 8. The first kappa shape index (κ1) is 24.5. The topological polar surface area (TPSA) is 267 Å². The molecule has 3 heterocycles. The van der Waals surface area contributed by atoms with E-state index in [1.54, 1.807) is 0 Å². The van der Waals surface area contributed by atoms with E-state index in [-0.39, 0.29) is 18.3 Å². The van der Waals surface area contributed by atoms with Crippen LogP contribution in [0.5, 0.6) is 0 Å². The van der Waals surface area contributed by atoms with Gasteiger partial charge in [0.1, 0.15) is 30.3 Å². The van der Waals surface area contributed by atoms with Gasteiger partial charge in [-0.1, -0.05) is 0 Å². The smallest absolute Gasteiger partial charge is 0.387 e. The summed E-state index contributed by atoms with van der Waals surface area (Å²) in [5.74, 6) is -1.19. The van der Waals surface area contributed by atoms with Gasteiger partial charge in [-0.2, -0.15) is 0 Å². The molecule has 0 aliphatic carbocycles. The molecule has 176 valence electrons. The number of nitrogens with zero attached hydrogens (tertiary/aromatic N) is 3. The number of aliphatic hydroxyl groups excluding tert-OH is 2. The van der Waals surface area contributed by atoms with Crippen LogP contribution in [0.2, 0.25) is 0 Å². The predicted octanol–water partition coefficient (Wildman–Crippen LogP) is -1.85. The van der Waals surface area contributed by atoms with E-state index in [0.717, 1.165) is 0 Å². The van der Waals surface area contributed by atoms with E-state index in [9.17, 15) is 33.7 Å². The van der Waals surface area contributed by atoms with E-state index in [1.165, 1.54) is 11.2 Å². The van der Waals surface area contributed by atoms with Crippen molar-refractivity contribution in [3.05, 3.63) is 6.33 Å². The Hall–Kier alpha value is -1.19. The van der Waals surface area contributed by atoms with Gasteiger partial charge in [-0.15, -0.1) is 0 Å². The SMILES string of the molecule is Nc1ncnc2c1NCN2[C@@H]1O[C@H](COP(=O)(O)CP(=O)(O)OP(=O)(O)O)[C@@H](O)[C@H]1O. The van der Waals surface area contributed by atoms with Crippen molar-refractivity contribution in [1.29, 1.82) is 0 Å². The highest BCUT2D eigenvalue weighted by Gasteiger charge is 2.48. The fourth-order valence-electron chi connectivity index (χ4n) is 3.00. The molecule has 1 aromatic rings. The molecule has 9 N–H and O–H groups in total. The van der Waals surface area contributed by atoms with E-state index >= 15 is 0 Å². The minimum Gasteiger partial charge on any atom is -0.387 e. The highest BCUT2D eigenvalue weighted by molar-refractivity contribution is 7.74. The normalized spacial score (nSPS) is 29.8. The van der Waals surface area contributed by atoms with Gasteiger partial charge in [0, 0.05) is 0 Å². The van der Waals surface area contributed by atoms with Gasteiger partial charge in [0.15, 0.2) is 23.8 Å². The quantitative estimate of drug-likeness (QED) is 0.179. The Bertz CT molecular complexity index is 975. The molecule has 0 bridgehead atoms. The lowest BCUT2D eigenvalue weighted by Crippen LogP contribution is -2.44. The molecule has 31 heavy (non-hydrogen) atoms. The molecule has 2 aliphatic heterocycles. The van der Waals surface area contributed by atoms with Gasteiger partial charge >= 0.3 is 23.0 Å². The van der Waals surface area contributed by atoms with Crippen molar-refractivity contribution in [3.8, 4) is 0 Å². The average Bonchev–Trinajstić information content (AvgIpc) is 3.13. The molecule has 1 aromatic heterocycles. The van der Waals surface area contributed by atoms with Crippen LogP contribution in [0.3, 0.4) is 0 Å². The maximum atomic E-state index is 12.0. The van der Waals surface area contributed by atoms with Crippen LogP contribution in [0.15, 0.2) is 6.33 Å². The molecule has 1 saturated heterocycles. The molecule has 0 saturated carbocycles. The Morgan fingerprint density at radius 3 is 2.48 bits per heavy atom. The number of hydrogen-bond acceptors (Lipinski definition) is 13. The maximum Gasteiger partial charge on any atom is 0.476 e. The minimum atomic E-state index is -5.41. The number of nitrogen functional groups attached to an aromatic ring is 1. The lowest BCUT2D eigenvalue weighted by atomic mass is 10.1. The van der Waals surface area contributed by atoms with Gasteiger partial charge in [-0.3, -0.25) is 9.13 Å². The Morgan fingerprint density at radius 1 is 1.16 bits per heavy atom. The number of fused-ring (bicyclic) bond motifs is 1. The third-order valence-corrected chi connectivity index (χ3v) is 9.51. The van der Waals surface area contributed by atoms with Crippen molar-refractivity contribution in [2.45, 2.75) is 24.5 Å². The monoisotopic (exact) mass is 507 g/mol. The number of ether oxygens (including phenoxy) is 1. The van der Waals surface area contributed by atoms with Gasteiger partial charge in [0.05, 0.1) is 13.3 Å². The third-order valence-electron chi connectivity index (χ3n) is 4.23. The predicted molar refractivity (Wildman–Crippen MR) is 102 cm³/mol. The number of anilines is 3. The van der Waals surface area contributed by atoms with E-state index in [0.29, 0.717) is 5.69 Å². The summed E-state index contributed by atoms with van der Waals surface area (Å²) in [5.41, 5.74) is 6.12. The number of nitrogens with two attached hydrogens (primary N) is 1. The summed E-state index contributed by atoms with van der Waals surface area (Å²) in [6.45, 7) is -0.718. The fraction of sp³-hybridized carbons (Fsp3) is 0.636. The molecule has 20 heteroatoms. The molecule has 2 aliphatic rings. The Kier molecular flexibility index (Phi) is 6.81. The largest absolute Gasteiger partial charge is 0.476 e. The average molecular weight is 507 g/mol. The highest BCUT2D eigenvalue weighted by atomic mass is 31.3. The molecule has 2 unspecified atom stereocenters. The van der Waals surface area contributed by atoms with Crippen LogP contribution < -0.4 is 16.0 Å². The Morgan fingerprint density at radius 2 is 1.84 bits per heavy atom. The van der Waals surface area contributed by atoms with Crippen molar-refractivity contribution in [2.75, 3.05) is 35.1 Å². The second-order valence-electron chi connectivity index (χ2n) is 6.59. The highest BCUT2D eigenvalue weighted by Crippen LogP contribution is 2.64. The molecule has 0 radical (unpaired) electrons. The van der Waals surface area contributed by atoms with E-state index in [4.69, 9.17) is 20.3 Å². The van der Waals surface area contributed by atoms with Gasteiger partial charge in [0.2, 0.25) is 0 Å². The number of aliphatic hydroxyl groups is 2. The first-order valence-corrected chi connectivity index (χ1v) is 13.4. The second-order valence-corrected chi connectivity index (χ2v) is 12.2. The minimum absolute atomic E-state index is 0.0894. The summed E-state index contributed by atoms with van der Waals surface area (Å²) >= 11 is 0. The zero-order chi connectivity index (χ0) is 23.2. The van der Waals surface area contributed by atoms with Crippen molar-refractivity contribution in [2.24, 2.45) is 0 Å². The van der Waals surface area contributed by atoms with Crippen molar-refractivity contribution >= 4 is 40.3 Å². The second kappa shape index (κ2) is 8.63. The molecule has 3 rings (SSSR count). The lowest BCUT2D eigenvalue weighted by molar-refractivity contribution is -0.0178. The van der Waals surface area contributed by atoms with Crippen LogP contribution >= 0.6 is 23.0 Å². The molecule has 1 fully saturated rings. The number of hydrogen-bond donors (Lipinski definition) is 8. The summed E-state index contributed by atoms with van der Waals surface area (Å²) in [7, 11) is -15.5. The molecular weight excluding hydrogens is 487 g/mol. The first-order chi connectivity index (χ1) is 14.2. The van der Waals surface area contributed by atoms with E-state index in [1.807, 2.05) is 0 Å². The molecule has 17 nitrogen and oxygen atoms in total. The van der Waals surface area contributed by atoms with Gasteiger partial charge < -0.3 is 55.0 Å². The van der Waals surface area contributed by atoms with Crippen molar-refractivity contribution < 1.29 is 57.1 Å². The first-order valence-electron chi connectivity index (χ1n) is 8.37. The van der Waals surface area contributed by atoms with Crippen LogP contribution in [-0.4, -0.2) is 83.5 Å². The summed E-state index contributed by atoms with van der Waals surface area (Å²) in [5, 5.41) is 23.4. The fourth-order valence-corrected chi connectivity index (χ4v) is 7.51.